The zero-order valence-electron chi connectivity index (χ0n) is 20.3. The normalized spacial score (nSPS) is 10.8. The van der Waals surface area contributed by atoms with Gasteiger partial charge in [0, 0.05) is 34.3 Å². The number of methoxy groups -OCH3 is 3. The standard InChI is InChI=1S/C27H25ClN2O6/c1-16-26(27(32)17-5-7-19(33-2)8-6-17)21-12-24(34-3)29-13-23(21)30(16)14-18-11-20(9-10-22(18)28)36-15-25(31)35-4/h5-13H,14-15H2,1-4H3. The van der Waals surface area contributed by atoms with Gasteiger partial charge in [-0.15, -0.1) is 0 Å². The minimum absolute atomic E-state index is 0.131. The molecule has 0 aliphatic rings. The molecule has 0 N–H and O–H groups in total. The highest BCUT2D eigenvalue weighted by Crippen LogP contribution is 2.32. The molecule has 9 heteroatoms. The molecule has 0 saturated heterocycles. The lowest BCUT2D eigenvalue weighted by Gasteiger charge is -2.13. The second-order valence-corrected chi connectivity index (χ2v) is 8.37. The number of hydrogen-bond donors (Lipinski definition) is 0. The molecule has 0 fully saturated rings. The van der Waals surface area contributed by atoms with Crippen molar-refractivity contribution in [2.45, 2.75) is 13.5 Å². The number of aromatic nitrogens is 2. The highest BCUT2D eigenvalue weighted by atomic mass is 35.5. The molecular formula is C27H25ClN2O6. The van der Waals surface area contributed by atoms with Gasteiger partial charge in [0.1, 0.15) is 11.5 Å². The topological polar surface area (TPSA) is 88.9 Å². The molecule has 0 radical (unpaired) electrons. The van der Waals surface area contributed by atoms with Crippen molar-refractivity contribution < 1.29 is 28.5 Å². The lowest BCUT2D eigenvalue weighted by Crippen LogP contribution is -2.12. The van der Waals surface area contributed by atoms with Gasteiger partial charge in [0.2, 0.25) is 5.88 Å². The Morgan fingerprint density at radius 2 is 1.69 bits per heavy atom. The van der Waals surface area contributed by atoms with Crippen LogP contribution in [0.15, 0.2) is 54.7 Å². The molecule has 4 rings (SSSR count). The fourth-order valence-corrected chi connectivity index (χ4v) is 4.15. The lowest BCUT2D eigenvalue weighted by molar-refractivity contribution is -0.142. The summed E-state index contributed by atoms with van der Waals surface area (Å²) in [5.74, 6) is 0.928. The maximum Gasteiger partial charge on any atom is 0.343 e. The average molecular weight is 509 g/mol. The number of fused-ring (bicyclic) bond motifs is 1. The number of benzene rings is 2. The number of pyridine rings is 1. The van der Waals surface area contributed by atoms with E-state index in [4.69, 9.17) is 25.8 Å². The van der Waals surface area contributed by atoms with E-state index in [0.29, 0.717) is 40.1 Å². The quantitative estimate of drug-likeness (QED) is 0.236. The Kier molecular flexibility index (Phi) is 7.45. The van der Waals surface area contributed by atoms with Crippen molar-refractivity contribution in [1.82, 2.24) is 9.55 Å². The minimum Gasteiger partial charge on any atom is -0.497 e. The summed E-state index contributed by atoms with van der Waals surface area (Å²) < 4.78 is 22.7. The fourth-order valence-electron chi connectivity index (χ4n) is 3.98. The van der Waals surface area contributed by atoms with Crippen molar-refractivity contribution in [2.75, 3.05) is 27.9 Å². The van der Waals surface area contributed by atoms with Crippen LogP contribution >= 0.6 is 11.6 Å². The Bertz CT molecular complexity index is 1430. The Labute approximate surface area is 213 Å². The zero-order valence-corrected chi connectivity index (χ0v) is 21.1. The molecule has 4 aromatic rings. The van der Waals surface area contributed by atoms with Crippen LogP contribution < -0.4 is 14.2 Å². The summed E-state index contributed by atoms with van der Waals surface area (Å²) in [6.07, 6.45) is 1.68. The van der Waals surface area contributed by atoms with Crippen molar-refractivity contribution >= 4 is 34.3 Å². The number of esters is 1. The third-order valence-electron chi connectivity index (χ3n) is 5.90. The molecule has 0 spiro atoms. The maximum atomic E-state index is 13.6. The first-order chi connectivity index (χ1) is 17.4. The molecule has 2 aromatic carbocycles. The van der Waals surface area contributed by atoms with Crippen molar-refractivity contribution in [3.05, 3.63) is 82.1 Å². The molecular weight excluding hydrogens is 484 g/mol. The molecule has 0 atom stereocenters. The number of rotatable bonds is 9. The zero-order chi connectivity index (χ0) is 25.8. The van der Waals surface area contributed by atoms with E-state index in [1.165, 1.54) is 14.2 Å². The van der Waals surface area contributed by atoms with Crippen molar-refractivity contribution in [3.8, 4) is 17.4 Å². The van der Waals surface area contributed by atoms with Crippen LogP contribution in [-0.2, 0) is 16.1 Å². The van der Waals surface area contributed by atoms with Gasteiger partial charge in [-0.3, -0.25) is 4.79 Å². The molecule has 0 amide bonds. The van der Waals surface area contributed by atoms with E-state index in [9.17, 15) is 9.59 Å². The van der Waals surface area contributed by atoms with Crippen LogP contribution in [0.3, 0.4) is 0 Å². The summed E-state index contributed by atoms with van der Waals surface area (Å²) >= 11 is 6.51. The van der Waals surface area contributed by atoms with E-state index < -0.39 is 5.97 Å². The number of carbonyl (C=O) groups is 2. The first-order valence-corrected chi connectivity index (χ1v) is 11.4. The third-order valence-corrected chi connectivity index (χ3v) is 6.27. The fraction of sp³-hybridized carbons (Fsp3) is 0.222. The summed E-state index contributed by atoms with van der Waals surface area (Å²) in [5, 5.41) is 1.24. The summed E-state index contributed by atoms with van der Waals surface area (Å²) in [4.78, 5) is 29.5. The molecule has 2 aromatic heterocycles. The monoisotopic (exact) mass is 508 g/mol. The van der Waals surface area contributed by atoms with E-state index in [1.807, 2.05) is 11.5 Å². The maximum absolute atomic E-state index is 13.6. The second kappa shape index (κ2) is 10.7. The van der Waals surface area contributed by atoms with Gasteiger partial charge in [-0.2, -0.15) is 0 Å². The second-order valence-electron chi connectivity index (χ2n) is 7.97. The molecule has 0 bridgehead atoms. The van der Waals surface area contributed by atoms with Gasteiger partial charge in [-0.25, -0.2) is 9.78 Å². The number of nitrogens with zero attached hydrogens (tertiary/aromatic N) is 2. The SMILES string of the molecule is COC(=O)COc1ccc(Cl)c(Cn2c(C)c(C(=O)c3ccc(OC)cc3)c3cc(OC)ncc32)c1. The number of hydrogen-bond acceptors (Lipinski definition) is 7. The van der Waals surface area contributed by atoms with Crippen LogP contribution in [0.4, 0.5) is 0 Å². The van der Waals surface area contributed by atoms with Gasteiger partial charge in [-0.1, -0.05) is 11.6 Å². The highest BCUT2D eigenvalue weighted by molar-refractivity contribution is 6.31. The summed E-state index contributed by atoms with van der Waals surface area (Å²) in [6, 6.07) is 13.9. The molecule has 2 heterocycles. The number of carbonyl (C=O) groups excluding carboxylic acids is 2. The predicted molar refractivity (Wildman–Crippen MR) is 136 cm³/mol. The van der Waals surface area contributed by atoms with Gasteiger partial charge in [0.05, 0.1) is 38.6 Å². The van der Waals surface area contributed by atoms with Gasteiger partial charge < -0.3 is 23.5 Å². The first kappa shape index (κ1) is 25.1. The third kappa shape index (κ3) is 4.99. The van der Waals surface area contributed by atoms with Crippen LogP contribution in [0.1, 0.15) is 27.2 Å². The molecule has 36 heavy (non-hydrogen) atoms. The molecule has 0 aliphatic carbocycles. The van der Waals surface area contributed by atoms with Gasteiger partial charge in [0.15, 0.2) is 12.4 Å². The molecule has 0 unspecified atom stereocenters. The summed E-state index contributed by atoms with van der Waals surface area (Å²) in [7, 11) is 4.41. The Hall–Kier alpha value is -4.04. The lowest BCUT2D eigenvalue weighted by atomic mass is 10.0. The van der Waals surface area contributed by atoms with Crippen LogP contribution in [0.2, 0.25) is 5.02 Å². The van der Waals surface area contributed by atoms with E-state index >= 15 is 0 Å². The Balaban J connectivity index is 1.78. The smallest absolute Gasteiger partial charge is 0.343 e. The molecule has 8 nitrogen and oxygen atoms in total. The number of ketones is 1. The van der Waals surface area contributed by atoms with E-state index in [1.54, 1.807) is 61.8 Å². The minimum atomic E-state index is -0.486. The first-order valence-electron chi connectivity index (χ1n) is 11.1. The van der Waals surface area contributed by atoms with E-state index in [2.05, 4.69) is 9.72 Å². The summed E-state index contributed by atoms with van der Waals surface area (Å²) in [5.41, 5.74) is 3.33. The predicted octanol–water partition coefficient (Wildman–Crippen LogP) is 4.85. The molecule has 0 saturated carbocycles. The van der Waals surface area contributed by atoms with E-state index in [-0.39, 0.29) is 12.4 Å². The Morgan fingerprint density at radius 1 is 0.972 bits per heavy atom. The van der Waals surface area contributed by atoms with Gasteiger partial charge in [0.25, 0.3) is 0 Å². The summed E-state index contributed by atoms with van der Waals surface area (Å²) in [6.45, 7) is 2.02. The number of halogens is 1. The largest absolute Gasteiger partial charge is 0.497 e. The number of ether oxygens (including phenoxy) is 4. The Morgan fingerprint density at radius 3 is 2.36 bits per heavy atom. The van der Waals surface area contributed by atoms with Crippen molar-refractivity contribution in [3.63, 3.8) is 0 Å². The van der Waals surface area contributed by atoms with Crippen molar-refractivity contribution in [1.29, 1.82) is 0 Å². The van der Waals surface area contributed by atoms with Crippen LogP contribution in [0.25, 0.3) is 10.9 Å². The van der Waals surface area contributed by atoms with Gasteiger partial charge >= 0.3 is 5.97 Å². The highest BCUT2D eigenvalue weighted by Gasteiger charge is 2.23. The van der Waals surface area contributed by atoms with E-state index in [0.717, 1.165) is 22.2 Å². The van der Waals surface area contributed by atoms with Crippen molar-refractivity contribution in [2.24, 2.45) is 0 Å². The van der Waals surface area contributed by atoms with Crippen LogP contribution in [0, 0.1) is 6.92 Å². The molecule has 186 valence electrons. The van der Waals surface area contributed by atoms with Crippen LogP contribution in [-0.4, -0.2) is 49.2 Å². The van der Waals surface area contributed by atoms with Gasteiger partial charge in [-0.05, 0) is 55.0 Å². The van der Waals surface area contributed by atoms with Crippen LogP contribution in [0.5, 0.6) is 17.4 Å². The average Bonchev–Trinajstić information content (AvgIpc) is 3.18. The molecule has 0 aliphatic heterocycles.